The average molecular weight is 259 g/mol. The van der Waals surface area contributed by atoms with Gasteiger partial charge >= 0.3 is 0 Å². The standard InChI is InChI=1S/C11H21N3O2S/c1-4-11(9-12)17(15,16)14-7-5-13(6-8-14)10(2)3/h10-11H,4-8H2,1-3H3. The molecule has 98 valence electrons. The van der Waals surface area contributed by atoms with Gasteiger partial charge in [0, 0.05) is 32.2 Å². The van der Waals surface area contributed by atoms with E-state index in [1.54, 1.807) is 6.92 Å². The largest absolute Gasteiger partial charge is 0.298 e. The Hall–Kier alpha value is -0.640. The van der Waals surface area contributed by atoms with E-state index in [2.05, 4.69) is 18.7 Å². The number of nitrogens with zero attached hydrogens (tertiary/aromatic N) is 3. The Bertz CT molecular complexity index is 378. The molecule has 17 heavy (non-hydrogen) atoms. The summed E-state index contributed by atoms with van der Waals surface area (Å²) < 4.78 is 25.7. The Labute approximate surface area is 104 Å². The highest BCUT2D eigenvalue weighted by Gasteiger charge is 2.33. The van der Waals surface area contributed by atoms with Crippen molar-refractivity contribution in [2.75, 3.05) is 26.2 Å². The molecule has 1 aliphatic rings. The van der Waals surface area contributed by atoms with E-state index in [9.17, 15) is 8.42 Å². The third kappa shape index (κ3) is 3.18. The van der Waals surface area contributed by atoms with Crippen LogP contribution in [0.5, 0.6) is 0 Å². The van der Waals surface area contributed by atoms with Gasteiger partial charge in [0.2, 0.25) is 10.0 Å². The second-order valence-corrected chi connectivity index (χ2v) is 6.72. The normalized spacial score (nSPS) is 21.4. The van der Waals surface area contributed by atoms with Gasteiger partial charge in [-0.1, -0.05) is 6.92 Å². The smallest absolute Gasteiger partial charge is 0.230 e. The van der Waals surface area contributed by atoms with Crippen LogP contribution in [0, 0.1) is 11.3 Å². The summed E-state index contributed by atoms with van der Waals surface area (Å²) in [5.41, 5.74) is 0. The minimum absolute atomic E-state index is 0.350. The fourth-order valence-corrected chi connectivity index (χ4v) is 3.61. The van der Waals surface area contributed by atoms with Gasteiger partial charge in [-0.2, -0.15) is 9.57 Å². The van der Waals surface area contributed by atoms with Gasteiger partial charge < -0.3 is 0 Å². The molecular weight excluding hydrogens is 238 g/mol. The summed E-state index contributed by atoms with van der Waals surface area (Å²) in [7, 11) is -3.43. The molecule has 0 N–H and O–H groups in total. The summed E-state index contributed by atoms with van der Waals surface area (Å²) in [4.78, 5) is 2.25. The minimum atomic E-state index is -3.43. The molecule has 1 unspecified atom stereocenters. The summed E-state index contributed by atoms with van der Waals surface area (Å²) in [5.74, 6) is 0. The SMILES string of the molecule is CCC(C#N)S(=O)(=O)N1CCN(C(C)C)CC1. The van der Waals surface area contributed by atoms with E-state index in [1.165, 1.54) is 4.31 Å². The summed E-state index contributed by atoms with van der Waals surface area (Å²) in [5, 5.41) is 7.97. The van der Waals surface area contributed by atoms with Crippen LogP contribution in [-0.4, -0.2) is 55.1 Å². The van der Waals surface area contributed by atoms with Gasteiger partial charge in [0.05, 0.1) is 6.07 Å². The monoisotopic (exact) mass is 259 g/mol. The van der Waals surface area contributed by atoms with Gasteiger partial charge in [-0.15, -0.1) is 0 Å². The molecule has 0 spiro atoms. The van der Waals surface area contributed by atoms with Gasteiger partial charge in [-0.3, -0.25) is 4.90 Å². The van der Waals surface area contributed by atoms with E-state index in [0.29, 0.717) is 25.6 Å². The van der Waals surface area contributed by atoms with E-state index in [0.717, 1.165) is 13.1 Å². The predicted octanol–water partition coefficient (Wildman–Crippen LogP) is 0.644. The molecule has 0 amide bonds. The lowest BCUT2D eigenvalue weighted by Gasteiger charge is -2.36. The molecule has 0 aromatic rings. The summed E-state index contributed by atoms with van der Waals surface area (Å²) in [6, 6.07) is 2.32. The van der Waals surface area contributed by atoms with E-state index >= 15 is 0 Å². The van der Waals surface area contributed by atoms with Gasteiger partial charge in [0.1, 0.15) is 0 Å². The fraction of sp³-hybridized carbons (Fsp3) is 0.909. The molecular formula is C11H21N3O2S. The Balaban J connectivity index is 2.69. The zero-order chi connectivity index (χ0) is 13.1. The minimum Gasteiger partial charge on any atom is -0.298 e. The van der Waals surface area contributed by atoms with Crippen LogP contribution in [0.2, 0.25) is 0 Å². The maximum absolute atomic E-state index is 12.1. The van der Waals surface area contributed by atoms with Crippen LogP contribution in [0.25, 0.3) is 0 Å². The Morgan fingerprint density at radius 2 is 1.76 bits per heavy atom. The van der Waals surface area contributed by atoms with Crippen LogP contribution in [0.1, 0.15) is 27.2 Å². The zero-order valence-electron chi connectivity index (χ0n) is 10.8. The number of nitriles is 1. The van der Waals surface area contributed by atoms with Crippen molar-refractivity contribution in [3.63, 3.8) is 0 Å². The topological polar surface area (TPSA) is 64.4 Å². The zero-order valence-corrected chi connectivity index (χ0v) is 11.6. The van der Waals surface area contributed by atoms with E-state index in [-0.39, 0.29) is 0 Å². The lowest BCUT2D eigenvalue weighted by atomic mass is 10.3. The number of hydrogen-bond donors (Lipinski definition) is 0. The number of hydrogen-bond acceptors (Lipinski definition) is 4. The summed E-state index contributed by atoms with van der Waals surface area (Å²) in [6.45, 7) is 8.44. The van der Waals surface area contributed by atoms with Crippen molar-refractivity contribution < 1.29 is 8.42 Å². The lowest BCUT2D eigenvalue weighted by molar-refractivity contribution is 0.154. The van der Waals surface area contributed by atoms with E-state index in [4.69, 9.17) is 5.26 Å². The first-order valence-electron chi connectivity index (χ1n) is 6.06. The molecule has 5 nitrogen and oxygen atoms in total. The van der Waals surface area contributed by atoms with Crippen molar-refractivity contribution in [3.8, 4) is 6.07 Å². The molecule has 1 aliphatic heterocycles. The number of rotatable bonds is 4. The van der Waals surface area contributed by atoms with Crippen molar-refractivity contribution in [3.05, 3.63) is 0 Å². The fourth-order valence-electron chi connectivity index (χ4n) is 2.02. The first-order valence-corrected chi connectivity index (χ1v) is 7.56. The molecule has 6 heteroatoms. The molecule has 0 aromatic carbocycles. The van der Waals surface area contributed by atoms with Gasteiger partial charge in [-0.05, 0) is 20.3 Å². The first kappa shape index (κ1) is 14.4. The van der Waals surface area contributed by atoms with E-state index in [1.807, 2.05) is 6.07 Å². The van der Waals surface area contributed by atoms with Crippen LogP contribution in [0.15, 0.2) is 0 Å². The van der Waals surface area contributed by atoms with Gasteiger partial charge in [0.25, 0.3) is 0 Å². The van der Waals surface area contributed by atoms with Crippen LogP contribution >= 0.6 is 0 Å². The second-order valence-electron chi connectivity index (χ2n) is 4.60. The summed E-state index contributed by atoms with van der Waals surface area (Å²) >= 11 is 0. The molecule has 1 heterocycles. The predicted molar refractivity (Wildman–Crippen MR) is 66.9 cm³/mol. The van der Waals surface area contributed by atoms with Crippen LogP contribution in [0.4, 0.5) is 0 Å². The lowest BCUT2D eigenvalue weighted by Crippen LogP contribution is -2.52. The molecule has 1 atom stereocenters. The second kappa shape index (κ2) is 5.80. The average Bonchev–Trinajstić information content (AvgIpc) is 2.30. The third-order valence-corrected chi connectivity index (χ3v) is 5.48. The maximum atomic E-state index is 12.1. The third-order valence-electron chi connectivity index (χ3n) is 3.24. The molecule has 0 aliphatic carbocycles. The Morgan fingerprint density at radius 3 is 2.12 bits per heavy atom. The number of piperazine rings is 1. The highest BCUT2D eigenvalue weighted by atomic mass is 32.2. The maximum Gasteiger partial charge on any atom is 0.230 e. The van der Waals surface area contributed by atoms with Crippen LogP contribution in [0.3, 0.4) is 0 Å². The van der Waals surface area contributed by atoms with Crippen LogP contribution in [-0.2, 0) is 10.0 Å². The molecule has 1 rings (SSSR count). The van der Waals surface area contributed by atoms with Crippen molar-refractivity contribution >= 4 is 10.0 Å². The highest BCUT2D eigenvalue weighted by Crippen LogP contribution is 2.15. The van der Waals surface area contributed by atoms with Crippen molar-refractivity contribution in [1.29, 1.82) is 5.26 Å². The van der Waals surface area contributed by atoms with Crippen molar-refractivity contribution in [2.45, 2.75) is 38.5 Å². The summed E-state index contributed by atoms with van der Waals surface area (Å²) in [6.07, 6.45) is 0.350. The molecule has 1 saturated heterocycles. The van der Waals surface area contributed by atoms with Crippen LogP contribution < -0.4 is 0 Å². The molecule has 0 aromatic heterocycles. The molecule has 0 radical (unpaired) electrons. The highest BCUT2D eigenvalue weighted by molar-refractivity contribution is 7.90. The Morgan fingerprint density at radius 1 is 1.24 bits per heavy atom. The molecule has 0 saturated carbocycles. The first-order chi connectivity index (χ1) is 7.93. The Kier molecular flexibility index (Phi) is 4.92. The molecule has 1 fully saturated rings. The molecule has 0 bridgehead atoms. The quantitative estimate of drug-likeness (QED) is 0.743. The van der Waals surface area contributed by atoms with E-state index < -0.39 is 15.3 Å². The number of sulfonamides is 1. The van der Waals surface area contributed by atoms with Gasteiger partial charge in [0.15, 0.2) is 5.25 Å². The van der Waals surface area contributed by atoms with Gasteiger partial charge in [-0.25, -0.2) is 8.42 Å². The van der Waals surface area contributed by atoms with Crippen molar-refractivity contribution in [2.24, 2.45) is 0 Å². The van der Waals surface area contributed by atoms with Crippen molar-refractivity contribution in [1.82, 2.24) is 9.21 Å².